The zero-order valence-corrected chi connectivity index (χ0v) is 8.53. The van der Waals surface area contributed by atoms with Crippen LogP contribution >= 0.6 is 0 Å². The van der Waals surface area contributed by atoms with Crippen molar-refractivity contribution in [3.8, 4) is 0 Å². The van der Waals surface area contributed by atoms with E-state index in [1.807, 2.05) is 30.3 Å². The lowest BCUT2D eigenvalue weighted by atomic mass is 10.1. The van der Waals surface area contributed by atoms with E-state index >= 15 is 0 Å². The van der Waals surface area contributed by atoms with Crippen molar-refractivity contribution < 1.29 is 5.11 Å². The van der Waals surface area contributed by atoms with Gasteiger partial charge in [-0.1, -0.05) is 36.9 Å². The van der Waals surface area contributed by atoms with Crippen LogP contribution in [0.5, 0.6) is 0 Å². The maximum absolute atomic E-state index is 9.04. The van der Waals surface area contributed by atoms with E-state index in [0.29, 0.717) is 6.54 Å². The van der Waals surface area contributed by atoms with Crippen LogP contribution in [0.15, 0.2) is 36.9 Å². The maximum Gasteiger partial charge on any atom is 0.0636 e. The summed E-state index contributed by atoms with van der Waals surface area (Å²) in [6, 6.07) is 10.0. The van der Waals surface area contributed by atoms with Gasteiger partial charge in [0, 0.05) is 13.1 Å². The molecule has 0 aliphatic heterocycles. The predicted molar refractivity (Wildman–Crippen MR) is 60.0 cm³/mol. The van der Waals surface area contributed by atoms with Crippen molar-refractivity contribution in [1.29, 1.82) is 0 Å². The van der Waals surface area contributed by atoms with Gasteiger partial charge in [-0.25, -0.2) is 0 Å². The molecule has 2 heteroatoms. The highest BCUT2D eigenvalue weighted by molar-refractivity contribution is 5.64. The highest BCUT2D eigenvalue weighted by Crippen LogP contribution is 2.09. The first-order valence-electron chi connectivity index (χ1n) is 4.82. The van der Waals surface area contributed by atoms with E-state index in [0.717, 1.165) is 17.7 Å². The first-order chi connectivity index (χ1) is 6.70. The fourth-order valence-electron chi connectivity index (χ4n) is 1.21. The number of nitrogens with one attached hydrogen (secondary N) is 1. The molecule has 1 unspecified atom stereocenters. The molecule has 2 nitrogen and oxygen atoms in total. The largest absolute Gasteiger partial charge is 0.392 e. The maximum atomic E-state index is 9.04. The Morgan fingerprint density at radius 1 is 1.43 bits per heavy atom. The van der Waals surface area contributed by atoms with Gasteiger partial charge in [-0.2, -0.15) is 0 Å². The summed E-state index contributed by atoms with van der Waals surface area (Å²) < 4.78 is 0. The summed E-state index contributed by atoms with van der Waals surface area (Å²) in [5.41, 5.74) is 2.19. The lowest BCUT2D eigenvalue weighted by Crippen LogP contribution is -2.25. The zero-order chi connectivity index (χ0) is 10.4. The molecular formula is C12H17NO. The van der Waals surface area contributed by atoms with Crippen molar-refractivity contribution in [2.75, 3.05) is 13.1 Å². The minimum Gasteiger partial charge on any atom is -0.392 e. The minimum atomic E-state index is -0.307. The summed E-state index contributed by atoms with van der Waals surface area (Å²) in [6.45, 7) is 7.06. The molecule has 76 valence electrons. The second kappa shape index (κ2) is 5.58. The van der Waals surface area contributed by atoms with Crippen molar-refractivity contribution in [3.63, 3.8) is 0 Å². The summed E-state index contributed by atoms with van der Waals surface area (Å²) >= 11 is 0. The SMILES string of the molecule is C=C(CNCC(C)O)c1ccccc1. The average Bonchev–Trinajstić information content (AvgIpc) is 2.18. The molecule has 1 aromatic carbocycles. The minimum absolute atomic E-state index is 0.307. The third kappa shape index (κ3) is 3.73. The number of hydrogen-bond donors (Lipinski definition) is 2. The van der Waals surface area contributed by atoms with Crippen molar-refractivity contribution >= 4 is 5.57 Å². The van der Waals surface area contributed by atoms with Crippen molar-refractivity contribution in [2.45, 2.75) is 13.0 Å². The van der Waals surface area contributed by atoms with Gasteiger partial charge in [-0.3, -0.25) is 0 Å². The molecule has 0 aliphatic rings. The molecule has 0 heterocycles. The molecule has 0 bridgehead atoms. The zero-order valence-electron chi connectivity index (χ0n) is 8.53. The molecular weight excluding hydrogens is 174 g/mol. The Bertz CT molecular complexity index is 280. The molecule has 0 aromatic heterocycles. The van der Waals surface area contributed by atoms with Crippen LogP contribution in [0.4, 0.5) is 0 Å². The van der Waals surface area contributed by atoms with Crippen molar-refractivity contribution in [1.82, 2.24) is 5.32 Å². The Balaban J connectivity index is 2.36. The van der Waals surface area contributed by atoms with Gasteiger partial charge < -0.3 is 10.4 Å². The molecule has 0 saturated heterocycles. The Morgan fingerprint density at radius 2 is 2.07 bits per heavy atom. The van der Waals surface area contributed by atoms with Crippen LogP contribution in [0.3, 0.4) is 0 Å². The number of benzene rings is 1. The molecule has 0 radical (unpaired) electrons. The molecule has 0 amide bonds. The second-order valence-corrected chi connectivity index (χ2v) is 3.45. The Kier molecular flexibility index (Phi) is 4.36. The summed E-state index contributed by atoms with van der Waals surface area (Å²) in [5, 5.41) is 12.2. The Morgan fingerprint density at radius 3 is 2.64 bits per heavy atom. The fourth-order valence-corrected chi connectivity index (χ4v) is 1.21. The van der Waals surface area contributed by atoms with Crippen molar-refractivity contribution in [2.24, 2.45) is 0 Å². The predicted octanol–water partition coefficient (Wildman–Crippen LogP) is 1.67. The highest BCUT2D eigenvalue weighted by atomic mass is 16.3. The smallest absolute Gasteiger partial charge is 0.0636 e. The monoisotopic (exact) mass is 191 g/mol. The number of hydrogen-bond acceptors (Lipinski definition) is 2. The molecule has 1 aromatic rings. The van der Waals surface area contributed by atoms with Gasteiger partial charge in [0.1, 0.15) is 0 Å². The number of aliphatic hydroxyl groups is 1. The molecule has 14 heavy (non-hydrogen) atoms. The van der Waals surface area contributed by atoms with E-state index in [9.17, 15) is 0 Å². The van der Waals surface area contributed by atoms with Crippen LogP contribution in [0, 0.1) is 0 Å². The van der Waals surface area contributed by atoms with Crippen LogP contribution in [-0.4, -0.2) is 24.3 Å². The molecule has 0 spiro atoms. The van der Waals surface area contributed by atoms with E-state index in [1.54, 1.807) is 6.92 Å². The Hall–Kier alpha value is -1.12. The average molecular weight is 191 g/mol. The van der Waals surface area contributed by atoms with Gasteiger partial charge in [0.25, 0.3) is 0 Å². The molecule has 1 rings (SSSR count). The van der Waals surface area contributed by atoms with Crippen LogP contribution in [0.2, 0.25) is 0 Å². The lowest BCUT2D eigenvalue weighted by Gasteiger charge is -2.09. The van der Waals surface area contributed by atoms with Crippen LogP contribution in [0.1, 0.15) is 12.5 Å². The highest BCUT2D eigenvalue weighted by Gasteiger charge is 1.98. The topological polar surface area (TPSA) is 32.3 Å². The molecule has 0 aliphatic carbocycles. The summed E-state index contributed by atoms with van der Waals surface area (Å²) in [6.07, 6.45) is -0.307. The van der Waals surface area contributed by atoms with Gasteiger partial charge in [-0.15, -0.1) is 0 Å². The van der Waals surface area contributed by atoms with Crippen LogP contribution in [0.25, 0.3) is 5.57 Å². The molecule has 2 N–H and O–H groups in total. The van der Waals surface area contributed by atoms with E-state index in [4.69, 9.17) is 5.11 Å². The number of rotatable bonds is 5. The summed E-state index contributed by atoms with van der Waals surface area (Å²) in [4.78, 5) is 0. The van der Waals surface area contributed by atoms with Gasteiger partial charge in [-0.05, 0) is 18.1 Å². The standard InChI is InChI=1S/C12H17NO/c1-10(8-13-9-11(2)14)12-6-4-3-5-7-12/h3-7,11,13-14H,1,8-9H2,2H3. The fraction of sp³-hybridized carbons (Fsp3) is 0.333. The van der Waals surface area contributed by atoms with Crippen LogP contribution in [-0.2, 0) is 0 Å². The van der Waals surface area contributed by atoms with E-state index < -0.39 is 0 Å². The van der Waals surface area contributed by atoms with E-state index in [2.05, 4.69) is 11.9 Å². The molecule has 0 saturated carbocycles. The third-order valence-electron chi connectivity index (χ3n) is 1.96. The van der Waals surface area contributed by atoms with Gasteiger partial charge in [0.05, 0.1) is 6.10 Å². The quantitative estimate of drug-likeness (QED) is 0.742. The first kappa shape index (κ1) is 11.0. The molecule has 1 atom stereocenters. The summed E-state index contributed by atoms with van der Waals surface area (Å²) in [5.74, 6) is 0. The van der Waals surface area contributed by atoms with E-state index in [-0.39, 0.29) is 6.10 Å². The normalized spacial score (nSPS) is 12.4. The second-order valence-electron chi connectivity index (χ2n) is 3.45. The Labute approximate surface area is 85.3 Å². The van der Waals surface area contributed by atoms with Gasteiger partial charge in [0.15, 0.2) is 0 Å². The lowest BCUT2D eigenvalue weighted by molar-refractivity contribution is 0.193. The third-order valence-corrected chi connectivity index (χ3v) is 1.96. The van der Waals surface area contributed by atoms with E-state index in [1.165, 1.54) is 0 Å². The van der Waals surface area contributed by atoms with Gasteiger partial charge in [0.2, 0.25) is 0 Å². The van der Waals surface area contributed by atoms with Gasteiger partial charge >= 0.3 is 0 Å². The number of aliphatic hydroxyl groups excluding tert-OH is 1. The summed E-state index contributed by atoms with van der Waals surface area (Å²) in [7, 11) is 0. The first-order valence-corrected chi connectivity index (χ1v) is 4.82. The van der Waals surface area contributed by atoms with Crippen LogP contribution < -0.4 is 5.32 Å². The molecule has 0 fully saturated rings. The van der Waals surface area contributed by atoms with Crippen molar-refractivity contribution in [3.05, 3.63) is 42.5 Å².